The van der Waals surface area contributed by atoms with E-state index in [9.17, 15) is 9.59 Å². The summed E-state index contributed by atoms with van der Waals surface area (Å²) in [5.41, 5.74) is 6.32. The van der Waals surface area contributed by atoms with Crippen LogP contribution in [0.5, 0.6) is 0 Å². The minimum Gasteiger partial charge on any atom is -0.369 e. The monoisotopic (exact) mass is 318 g/mol. The van der Waals surface area contributed by atoms with Gasteiger partial charge in [0.05, 0.1) is 17.5 Å². The number of likely N-dealkylation sites (tertiary alicyclic amines) is 1. The molecule has 3 rings (SSSR count). The fourth-order valence-corrected chi connectivity index (χ4v) is 3.52. The van der Waals surface area contributed by atoms with Crippen molar-refractivity contribution >= 4 is 29.1 Å². The lowest BCUT2D eigenvalue weighted by Gasteiger charge is -2.30. The quantitative estimate of drug-likeness (QED) is 0.858. The number of nitrogens with zero attached hydrogens (tertiary/aromatic N) is 3. The van der Waals surface area contributed by atoms with Crippen LogP contribution in [0.15, 0.2) is 35.7 Å². The molecular formula is C15H18N4O2S. The van der Waals surface area contributed by atoms with Crippen LogP contribution in [0, 0.1) is 5.92 Å². The van der Waals surface area contributed by atoms with Gasteiger partial charge in [0.1, 0.15) is 0 Å². The van der Waals surface area contributed by atoms with Crippen LogP contribution in [-0.4, -0.2) is 44.9 Å². The number of rotatable bonds is 4. The Morgan fingerprint density at radius 1 is 1.32 bits per heavy atom. The van der Waals surface area contributed by atoms with Crippen molar-refractivity contribution < 1.29 is 9.59 Å². The Morgan fingerprint density at radius 3 is 2.82 bits per heavy atom. The van der Waals surface area contributed by atoms with Crippen LogP contribution in [0.2, 0.25) is 0 Å². The van der Waals surface area contributed by atoms with E-state index in [4.69, 9.17) is 5.73 Å². The third-order valence-corrected chi connectivity index (χ3v) is 4.93. The average Bonchev–Trinajstić information content (AvgIpc) is 2.96. The van der Waals surface area contributed by atoms with Crippen LogP contribution in [0.25, 0.3) is 5.52 Å². The largest absolute Gasteiger partial charge is 0.369 e. The summed E-state index contributed by atoms with van der Waals surface area (Å²) in [5, 5.41) is 0.816. The van der Waals surface area contributed by atoms with Crippen molar-refractivity contribution in [2.75, 3.05) is 18.8 Å². The molecule has 3 heterocycles. The second kappa shape index (κ2) is 6.39. The summed E-state index contributed by atoms with van der Waals surface area (Å²) in [6, 6.07) is 5.88. The average molecular weight is 318 g/mol. The van der Waals surface area contributed by atoms with Gasteiger partial charge in [0.2, 0.25) is 11.8 Å². The number of hydrogen-bond acceptors (Lipinski definition) is 4. The molecule has 0 aromatic carbocycles. The van der Waals surface area contributed by atoms with Gasteiger partial charge in [-0.1, -0.05) is 17.8 Å². The molecule has 1 fully saturated rings. The first-order chi connectivity index (χ1) is 10.6. The summed E-state index contributed by atoms with van der Waals surface area (Å²) in [5.74, 6) is 0.0915. The van der Waals surface area contributed by atoms with E-state index in [1.807, 2.05) is 33.7 Å². The highest BCUT2D eigenvalue weighted by molar-refractivity contribution is 7.99. The van der Waals surface area contributed by atoms with Crippen LogP contribution in [0.3, 0.4) is 0 Å². The third-order valence-electron chi connectivity index (χ3n) is 3.98. The maximum atomic E-state index is 12.3. The molecule has 0 atom stereocenters. The number of pyridine rings is 1. The van der Waals surface area contributed by atoms with Gasteiger partial charge >= 0.3 is 0 Å². The molecule has 7 heteroatoms. The minimum absolute atomic E-state index is 0.0839. The SMILES string of the molecule is NC(=O)C1CCN(C(=O)CSc2ncc3ccccn23)CC1. The fraction of sp³-hybridized carbons (Fsp3) is 0.400. The van der Waals surface area contributed by atoms with Gasteiger partial charge in [-0.3, -0.25) is 14.0 Å². The van der Waals surface area contributed by atoms with Gasteiger partial charge in [-0.25, -0.2) is 4.98 Å². The molecule has 0 bridgehead atoms. The molecule has 6 nitrogen and oxygen atoms in total. The summed E-state index contributed by atoms with van der Waals surface area (Å²) < 4.78 is 1.97. The summed E-state index contributed by atoms with van der Waals surface area (Å²) in [4.78, 5) is 29.5. The molecular weight excluding hydrogens is 300 g/mol. The first-order valence-electron chi connectivity index (χ1n) is 7.27. The van der Waals surface area contributed by atoms with E-state index in [0.717, 1.165) is 10.7 Å². The number of piperidine rings is 1. The lowest BCUT2D eigenvalue weighted by molar-refractivity contribution is -0.132. The number of imidazole rings is 1. The number of aromatic nitrogens is 2. The number of fused-ring (bicyclic) bond motifs is 1. The van der Waals surface area contributed by atoms with Crippen molar-refractivity contribution in [3.8, 4) is 0 Å². The van der Waals surface area contributed by atoms with Gasteiger partial charge in [-0.15, -0.1) is 0 Å². The smallest absolute Gasteiger partial charge is 0.233 e. The van der Waals surface area contributed by atoms with Crippen LogP contribution in [0.4, 0.5) is 0 Å². The second-order valence-corrected chi connectivity index (χ2v) is 6.32. The molecule has 22 heavy (non-hydrogen) atoms. The summed E-state index contributed by atoms with van der Waals surface area (Å²) in [6.07, 6.45) is 5.06. The van der Waals surface area contributed by atoms with Crippen LogP contribution in [-0.2, 0) is 9.59 Å². The number of carbonyl (C=O) groups excluding carboxylic acids is 2. The first kappa shape index (κ1) is 14.9. The maximum Gasteiger partial charge on any atom is 0.233 e. The van der Waals surface area contributed by atoms with Crippen molar-refractivity contribution in [3.63, 3.8) is 0 Å². The molecule has 0 spiro atoms. The topological polar surface area (TPSA) is 80.7 Å². The molecule has 1 aliphatic heterocycles. The van der Waals surface area contributed by atoms with Crippen LogP contribution >= 0.6 is 11.8 Å². The summed E-state index contributed by atoms with van der Waals surface area (Å²) in [6.45, 7) is 1.21. The van der Waals surface area contributed by atoms with Gasteiger partial charge in [-0.05, 0) is 25.0 Å². The maximum absolute atomic E-state index is 12.3. The third kappa shape index (κ3) is 3.09. The van der Waals surface area contributed by atoms with Crippen molar-refractivity contribution in [1.82, 2.24) is 14.3 Å². The number of nitrogens with two attached hydrogens (primary N) is 1. The van der Waals surface area contributed by atoms with Crippen LogP contribution in [0.1, 0.15) is 12.8 Å². The summed E-state index contributed by atoms with van der Waals surface area (Å²) in [7, 11) is 0. The highest BCUT2D eigenvalue weighted by Crippen LogP contribution is 2.21. The molecule has 2 N–H and O–H groups in total. The minimum atomic E-state index is -0.259. The Kier molecular flexibility index (Phi) is 4.33. The van der Waals surface area contributed by atoms with E-state index in [0.29, 0.717) is 31.7 Å². The molecule has 1 saturated heterocycles. The standard InChI is InChI=1S/C15H18N4O2S/c16-14(21)11-4-7-18(8-5-11)13(20)10-22-15-17-9-12-3-1-2-6-19(12)15/h1-3,6,9,11H,4-5,7-8,10H2,(H2,16,21). The molecule has 2 aromatic rings. The van der Waals surface area contributed by atoms with E-state index in [-0.39, 0.29) is 17.7 Å². The molecule has 1 aliphatic rings. The van der Waals surface area contributed by atoms with Gasteiger partial charge in [0, 0.05) is 25.2 Å². The zero-order valence-electron chi connectivity index (χ0n) is 12.1. The predicted octanol–water partition coefficient (Wildman–Crippen LogP) is 1.15. The second-order valence-electron chi connectivity index (χ2n) is 5.38. The van der Waals surface area contributed by atoms with Gasteiger partial charge in [0.25, 0.3) is 0 Å². The number of thioether (sulfide) groups is 1. The Hall–Kier alpha value is -2.02. The Labute approximate surface area is 132 Å². The van der Waals surface area contributed by atoms with E-state index in [1.54, 1.807) is 6.20 Å². The molecule has 0 radical (unpaired) electrons. The highest BCUT2D eigenvalue weighted by atomic mass is 32.2. The normalized spacial score (nSPS) is 16.1. The number of carbonyl (C=O) groups is 2. The van der Waals surface area contributed by atoms with Crippen molar-refractivity contribution in [1.29, 1.82) is 0 Å². The molecule has 2 aromatic heterocycles. The fourth-order valence-electron chi connectivity index (χ4n) is 2.66. The van der Waals surface area contributed by atoms with Crippen LogP contribution < -0.4 is 5.73 Å². The van der Waals surface area contributed by atoms with E-state index in [1.165, 1.54) is 11.8 Å². The first-order valence-corrected chi connectivity index (χ1v) is 8.25. The molecule has 2 amide bonds. The zero-order chi connectivity index (χ0) is 15.5. The zero-order valence-corrected chi connectivity index (χ0v) is 13.0. The van der Waals surface area contributed by atoms with E-state index in [2.05, 4.69) is 4.98 Å². The molecule has 0 unspecified atom stereocenters. The number of hydrogen-bond donors (Lipinski definition) is 1. The van der Waals surface area contributed by atoms with E-state index < -0.39 is 0 Å². The van der Waals surface area contributed by atoms with Gasteiger partial charge in [0.15, 0.2) is 5.16 Å². The van der Waals surface area contributed by atoms with Gasteiger partial charge < -0.3 is 10.6 Å². The van der Waals surface area contributed by atoms with Crippen molar-refractivity contribution in [2.24, 2.45) is 11.7 Å². The predicted molar refractivity (Wildman–Crippen MR) is 84.4 cm³/mol. The number of amides is 2. The highest BCUT2D eigenvalue weighted by Gasteiger charge is 2.25. The Balaban J connectivity index is 1.56. The Bertz CT molecular complexity index is 692. The van der Waals surface area contributed by atoms with Gasteiger partial charge in [-0.2, -0.15) is 0 Å². The summed E-state index contributed by atoms with van der Waals surface area (Å²) >= 11 is 1.43. The Morgan fingerprint density at radius 2 is 2.09 bits per heavy atom. The van der Waals surface area contributed by atoms with Crippen molar-refractivity contribution in [2.45, 2.75) is 18.0 Å². The molecule has 0 saturated carbocycles. The lowest BCUT2D eigenvalue weighted by Crippen LogP contribution is -2.42. The number of primary amides is 1. The molecule has 0 aliphatic carbocycles. The lowest BCUT2D eigenvalue weighted by atomic mass is 9.96. The van der Waals surface area contributed by atoms with Crippen molar-refractivity contribution in [3.05, 3.63) is 30.6 Å². The molecule has 116 valence electrons. The van der Waals surface area contributed by atoms with E-state index >= 15 is 0 Å².